The van der Waals surface area contributed by atoms with Crippen molar-refractivity contribution in [1.82, 2.24) is 10.2 Å². The minimum Gasteiger partial charge on any atom is -0.381 e. The van der Waals surface area contributed by atoms with Crippen LogP contribution in [0.4, 0.5) is 4.79 Å². The topological polar surface area (TPSA) is 111 Å². The van der Waals surface area contributed by atoms with Crippen molar-refractivity contribution in [3.8, 4) is 0 Å². The third-order valence-electron chi connectivity index (χ3n) is 4.18. The molecular formula is C13H24N4O3. The van der Waals surface area contributed by atoms with Gasteiger partial charge >= 0.3 is 6.03 Å². The molecule has 7 heteroatoms. The van der Waals surface area contributed by atoms with Crippen molar-refractivity contribution in [3.05, 3.63) is 0 Å². The number of hydrogen-bond acceptors (Lipinski definition) is 4. The monoisotopic (exact) mass is 284 g/mol. The number of amides is 3. The number of nitrogens with zero attached hydrogens (tertiary/aromatic N) is 1. The van der Waals surface area contributed by atoms with Crippen molar-refractivity contribution in [1.29, 1.82) is 0 Å². The minimum atomic E-state index is -0.781. The van der Waals surface area contributed by atoms with Crippen LogP contribution in [0.15, 0.2) is 0 Å². The summed E-state index contributed by atoms with van der Waals surface area (Å²) in [5.74, 6) is 0.271. The highest BCUT2D eigenvalue weighted by atomic mass is 16.5. The van der Waals surface area contributed by atoms with E-state index in [0.29, 0.717) is 39.1 Å². The van der Waals surface area contributed by atoms with Gasteiger partial charge in [-0.05, 0) is 31.6 Å². The summed E-state index contributed by atoms with van der Waals surface area (Å²) in [6.45, 7) is 2.98. The molecule has 0 radical (unpaired) electrons. The Kier molecular flexibility index (Phi) is 4.82. The van der Waals surface area contributed by atoms with Crippen LogP contribution in [0.25, 0.3) is 0 Å². The van der Waals surface area contributed by atoms with E-state index in [2.05, 4.69) is 5.32 Å². The molecule has 0 saturated carbocycles. The number of ether oxygens (including phenoxy) is 1. The van der Waals surface area contributed by atoms with Crippen LogP contribution >= 0.6 is 0 Å². The number of primary amides is 1. The maximum absolute atomic E-state index is 12.6. The fourth-order valence-electron chi connectivity index (χ4n) is 2.93. The summed E-state index contributed by atoms with van der Waals surface area (Å²) in [6.07, 6.45) is 3.08. The maximum Gasteiger partial charge on any atom is 0.312 e. The van der Waals surface area contributed by atoms with Gasteiger partial charge in [0, 0.05) is 32.8 Å². The van der Waals surface area contributed by atoms with Crippen LogP contribution in [-0.2, 0) is 9.53 Å². The first-order chi connectivity index (χ1) is 9.51. The maximum atomic E-state index is 12.6. The smallest absolute Gasteiger partial charge is 0.312 e. The SMILES string of the molecule is NC(=O)NCC1CCCN(C(=O)C2(N)CCOCC2)C1. The van der Waals surface area contributed by atoms with E-state index < -0.39 is 11.6 Å². The van der Waals surface area contributed by atoms with Gasteiger partial charge in [0.1, 0.15) is 0 Å². The van der Waals surface area contributed by atoms with Gasteiger partial charge in [-0.3, -0.25) is 4.79 Å². The zero-order valence-corrected chi connectivity index (χ0v) is 11.8. The molecule has 0 aliphatic carbocycles. The van der Waals surface area contributed by atoms with Gasteiger partial charge in [-0.25, -0.2) is 4.79 Å². The van der Waals surface area contributed by atoms with E-state index in [1.807, 2.05) is 4.90 Å². The van der Waals surface area contributed by atoms with Crippen molar-refractivity contribution in [2.75, 3.05) is 32.8 Å². The van der Waals surface area contributed by atoms with Gasteiger partial charge in [0.25, 0.3) is 0 Å². The number of rotatable bonds is 3. The number of carbonyl (C=O) groups is 2. The lowest BCUT2D eigenvalue weighted by Crippen LogP contribution is -2.60. The van der Waals surface area contributed by atoms with Crippen LogP contribution < -0.4 is 16.8 Å². The number of nitrogens with one attached hydrogen (secondary N) is 1. The Labute approximate surface area is 119 Å². The zero-order chi connectivity index (χ0) is 14.6. The second kappa shape index (κ2) is 6.41. The summed E-state index contributed by atoms with van der Waals surface area (Å²) in [4.78, 5) is 25.2. The number of hydrogen-bond donors (Lipinski definition) is 3. The van der Waals surface area contributed by atoms with Gasteiger partial charge in [-0.15, -0.1) is 0 Å². The normalized spacial score (nSPS) is 26.1. The summed E-state index contributed by atoms with van der Waals surface area (Å²) in [7, 11) is 0. The number of piperidine rings is 1. The molecule has 114 valence electrons. The van der Waals surface area contributed by atoms with Crippen LogP contribution in [0.5, 0.6) is 0 Å². The molecule has 3 amide bonds. The number of nitrogens with two attached hydrogens (primary N) is 2. The quantitative estimate of drug-likeness (QED) is 0.642. The van der Waals surface area contributed by atoms with Crippen LogP contribution in [-0.4, -0.2) is 55.2 Å². The predicted molar refractivity (Wildman–Crippen MR) is 73.9 cm³/mol. The molecule has 0 aromatic heterocycles. The third-order valence-corrected chi connectivity index (χ3v) is 4.18. The Hall–Kier alpha value is -1.34. The fourth-order valence-corrected chi connectivity index (χ4v) is 2.93. The molecule has 1 atom stereocenters. The number of carbonyl (C=O) groups excluding carboxylic acids is 2. The predicted octanol–water partition coefficient (Wildman–Crippen LogP) is -0.599. The average Bonchev–Trinajstić information content (AvgIpc) is 2.45. The highest BCUT2D eigenvalue weighted by molar-refractivity contribution is 5.86. The lowest BCUT2D eigenvalue weighted by Gasteiger charge is -2.40. The Balaban J connectivity index is 1.90. The summed E-state index contributed by atoms with van der Waals surface area (Å²) in [5, 5.41) is 2.61. The molecule has 0 aromatic carbocycles. The van der Waals surface area contributed by atoms with Gasteiger partial charge in [-0.2, -0.15) is 0 Å². The number of likely N-dealkylation sites (tertiary alicyclic amines) is 1. The second-order valence-electron chi connectivity index (χ2n) is 5.77. The van der Waals surface area contributed by atoms with E-state index in [1.54, 1.807) is 0 Å². The van der Waals surface area contributed by atoms with E-state index in [9.17, 15) is 9.59 Å². The summed E-state index contributed by atoms with van der Waals surface area (Å²) >= 11 is 0. The molecule has 2 fully saturated rings. The van der Waals surface area contributed by atoms with Gasteiger partial charge < -0.3 is 26.4 Å². The lowest BCUT2D eigenvalue weighted by atomic mass is 9.88. The first-order valence-corrected chi connectivity index (χ1v) is 7.20. The first kappa shape index (κ1) is 15.1. The third kappa shape index (κ3) is 3.61. The van der Waals surface area contributed by atoms with E-state index in [4.69, 9.17) is 16.2 Å². The molecule has 1 unspecified atom stereocenters. The molecule has 0 bridgehead atoms. The van der Waals surface area contributed by atoms with Gasteiger partial charge in [0.05, 0.1) is 5.54 Å². The summed E-state index contributed by atoms with van der Waals surface area (Å²) < 4.78 is 5.28. The Bertz CT molecular complexity index is 369. The highest BCUT2D eigenvalue weighted by Gasteiger charge is 2.40. The molecule has 2 aliphatic rings. The summed E-state index contributed by atoms with van der Waals surface area (Å²) in [5.41, 5.74) is 10.5. The molecule has 2 heterocycles. The molecular weight excluding hydrogens is 260 g/mol. The van der Waals surface area contributed by atoms with Crippen molar-refractivity contribution in [2.45, 2.75) is 31.2 Å². The Morgan fingerprint density at radius 2 is 2.05 bits per heavy atom. The van der Waals surface area contributed by atoms with Crippen molar-refractivity contribution in [3.63, 3.8) is 0 Å². The standard InChI is InChI=1S/C13H24N4O3/c14-12(19)16-8-10-2-1-5-17(9-10)11(18)13(15)3-6-20-7-4-13/h10H,1-9,15H2,(H3,14,16,19). The zero-order valence-electron chi connectivity index (χ0n) is 11.8. The van der Waals surface area contributed by atoms with Gasteiger partial charge in [0.2, 0.25) is 5.91 Å². The van der Waals surface area contributed by atoms with Crippen LogP contribution in [0.2, 0.25) is 0 Å². The molecule has 0 spiro atoms. The molecule has 20 heavy (non-hydrogen) atoms. The van der Waals surface area contributed by atoms with E-state index in [1.165, 1.54) is 0 Å². The van der Waals surface area contributed by atoms with Crippen molar-refractivity contribution < 1.29 is 14.3 Å². The molecule has 5 N–H and O–H groups in total. The first-order valence-electron chi connectivity index (χ1n) is 7.20. The van der Waals surface area contributed by atoms with Gasteiger partial charge in [-0.1, -0.05) is 0 Å². The highest BCUT2D eigenvalue weighted by Crippen LogP contribution is 2.24. The second-order valence-corrected chi connectivity index (χ2v) is 5.77. The molecule has 0 aromatic rings. The minimum absolute atomic E-state index is 0.0181. The summed E-state index contributed by atoms with van der Waals surface area (Å²) in [6, 6.07) is -0.520. The van der Waals surface area contributed by atoms with E-state index >= 15 is 0 Å². The molecule has 2 saturated heterocycles. The lowest BCUT2D eigenvalue weighted by molar-refractivity contribution is -0.142. The fraction of sp³-hybridized carbons (Fsp3) is 0.846. The Morgan fingerprint density at radius 3 is 2.70 bits per heavy atom. The molecule has 2 rings (SSSR count). The van der Waals surface area contributed by atoms with E-state index in [-0.39, 0.29) is 11.8 Å². The van der Waals surface area contributed by atoms with Crippen LogP contribution in [0.3, 0.4) is 0 Å². The average molecular weight is 284 g/mol. The van der Waals surface area contributed by atoms with Crippen molar-refractivity contribution in [2.24, 2.45) is 17.4 Å². The largest absolute Gasteiger partial charge is 0.381 e. The molecule has 7 nitrogen and oxygen atoms in total. The van der Waals surface area contributed by atoms with Crippen LogP contribution in [0.1, 0.15) is 25.7 Å². The van der Waals surface area contributed by atoms with Gasteiger partial charge in [0.15, 0.2) is 0 Å². The number of urea groups is 1. The van der Waals surface area contributed by atoms with Crippen molar-refractivity contribution >= 4 is 11.9 Å². The Morgan fingerprint density at radius 1 is 1.35 bits per heavy atom. The van der Waals surface area contributed by atoms with Crippen LogP contribution in [0, 0.1) is 5.92 Å². The van der Waals surface area contributed by atoms with E-state index in [0.717, 1.165) is 19.4 Å². The molecule has 2 aliphatic heterocycles.